The van der Waals surface area contributed by atoms with Gasteiger partial charge in [0.25, 0.3) is 5.91 Å². The maximum absolute atomic E-state index is 12.8. The van der Waals surface area contributed by atoms with Crippen LogP contribution in [0.15, 0.2) is 54.6 Å². The largest absolute Gasteiger partial charge is 0.348 e. The van der Waals surface area contributed by atoms with Gasteiger partial charge in [0.15, 0.2) is 0 Å². The summed E-state index contributed by atoms with van der Waals surface area (Å²) < 4.78 is 0. The average molecular weight is 354 g/mol. The van der Waals surface area contributed by atoms with Gasteiger partial charge in [0.1, 0.15) is 6.04 Å². The van der Waals surface area contributed by atoms with Crippen LogP contribution in [-0.4, -0.2) is 34.4 Å². The van der Waals surface area contributed by atoms with Crippen LogP contribution < -0.4 is 5.32 Å². The number of nitrogens with one attached hydrogen (secondary N) is 1. The van der Waals surface area contributed by atoms with Crippen molar-refractivity contribution < 1.29 is 9.59 Å². The van der Waals surface area contributed by atoms with Crippen LogP contribution in [0.3, 0.4) is 0 Å². The van der Waals surface area contributed by atoms with E-state index < -0.39 is 6.04 Å². The molecule has 2 amide bonds. The fraction of sp³-hybridized carbons (Fsp3) is 0.300. The van der Waals surface area contributed by atoms with Gasteiger partial charge in [0.05, 0.1) is 11.9 Å². The lowest BCUT2D eigenvalue weighted by atomic mass is 10.1. The first-order valence-corrected chi connectivity index (χ1v) is 9.52. The Labute approximate surface area is 152 Å². The number of rotatable bonds is 4. The number of carbonyl (C=O) groups is 2. The predicted molar refractivity (Wildman–Crippen MR) is 101 cm³/mol. The number of amides is 2. The van der Waals surface area contributed by atoms with Crippen molar-refractivity contribution in [3.8, 4) is 0 Å². The molecule has 0 spiro atoms. The van der Waals surface area contributed by atoms with Crippen LogP contribution in [0.5, 0.6) is 0 Å². The molecule has 0 bridgehead atoms. The van der Waals surface area contributed by atoms with E-state index in [0.717, 1.165) is 11.1 Å². The van der Waals surface area contributed by atoms with Crippen molar-refractivity contribution in [2.24, 2.45) is 0 Å². The summed E-state index contributed by atoms with van der Waals surface area (Å²) in [5, 5.41) is 3.04. The molecular weight excluding hydrogens is 332 g/mol. The van der Waals surface area contributed by atoms with E-state index in [9.17, 15) is 9.59 Å². The van der Waals surface area contributed by atoms with E-state index >= 15 is 0 Å². The summed E-state index contributed by atoms with van der Waals surface area (Å²) in [6, 6.07) is 16.8. The Bertz CT molecular complexity index is 746. The third kappa shape index (κ3) is 4.04. The Balaban J connectivity index is 1.69. The van der Waals surface area contributed by atoms with Gasteiger partial charge >= 0.3 is 0 Å². The van der Waals surface area contributed by atoms with Crippen molar-refractivity contribution in [1.29, 1.82) is 0 Å². The molecule has 0 aromatic heterocycles. The SMILES string of the molecule is Cc1ccc(C(=O)N2CSC[C@H]2C(=O)N[C@H](C)c2ccccc2)cc1. The first-order chi connectivity index (χ1) is 12.1. The van der Waals surface area contributed by atoms with Gasteiger partial charge in [0, 0.05) is 11.3 Å². The second kappa shape index (κ2) is 7.74. The minimum atomic E-state index is -0.426. The molecule has 1 N–H and O–H groups in total. The zero-order chi connectivity index (χ0) is 17.8. The molecule has 1 saturated heterocycles. The number of carbonyl (C=O) groups excluding carboxylic acids is 2. The molecule has 0 radical (unpaired) electrons. The molecule has 1 fully saturated rings. The lowest BCUT2D eigenvalue weighted by Gasteiger charge is -2.25. The fourth-order valence-corrected chi connectivity index (χ4v) is 4.01. The molecule has 5 heteroatoms. The van der Waals surface area contributed by atoms with E-state index in [1.165, 1.54) is 0 Å². The van der Waals surface area contributed by atoms with Crippen LogP contribution in [0.1, 0.15) is 34.5 Å². The Kier molecular flexibility index (Phi) is 5.43. The molecule has 4 nitrogen and oxygen atoms in total. The molecule has 130 valence electrons. The minimum Gasteiger partial charge on any atom is -0.348 e. The first kappa shape index (κ1) is 17.5. The molecule has 0 unspecified atom stereocenters. The smallest absolute Gasteiger partial charge is 0.255 e. The predicted octanol–water partition coefficient (Wildman–Crippen LogP) is 3.39. The van der Waals surface area contributed by atoms with E-state index in [4.69, 9.17) is 0 Å². The summed E-state index contributed by atoms with van der Waals surface area (Å²) in [5.41, 5.74) is 2.79. The van der Waals surface area contributed by atoms with Gasteiger partial charge in [-0.15, -0.1) is 11.8 Å². The highest BCUT2D eigenvalue weighted by Gasteiger charge is 2.35. The van der Waals surface area contributed by atoms with Gasteiger partial charge in [0.2, 0.25) is 5.91 Å². The van der Waals surface area contributed by atoms with Crippen LogP contribution in [0, 0.1) is 6.92 Å². The van der Waals surface area contributed by atoms with Gasteiger partial charge in [-0.05, 0) is 31.5 Å². The second-order valence-corrected chi connectivity index (χ2v) is 7.30. The molecule has 2 atom stereocenters. The van der Waals surface area contributed by atoms with Crippen LogP contribution in [0.4, 0.5) is 0 Å². The fourth-order valence-electron chi connectivity index (χ4n) is 2.86. The highest BCUT2D eigenvalue weighted by Crippen LogP contribution is 2.24. The van der Waals surface area contributed by atoms with Crippen LogP contribution in [0.25, 0.3) is 0 Å². The van der Waals surface area contributed by atoms with Crippen LogP contribution in [-0.2, 0) is 4.79 Å². The van der Waals surface area contributed by atoms with Gasteiger partial charge in [-0.3, -0.25) is 9.59 Å². The van der Waals surface area contributed by atoms with Crippen molar-refractivity contribution in [3.63, 3.8) is 0 Å². The van der Waals surface area contributed by atoms with E-state index in [-0.39, 0.29) is 17.9 Å². The topological polar surface area (TPSA) is 49.4 Å². The highest BCUT2D eigenvalue weighted by atomic mass is 32.2. The van der Waals surface area contributed by atoms with Gasteiger partial charge in [-0.25, -0.2) is 0 Å². The quantitative estimate of drug-likeness (QED) is 0.916. The molecule has 25 heavy (non-hydrogen) atoms. The third-order valence-corrected chi connectivity index (χ3v) is 5.41. The summed E-state index contributed by atoms with van der Waals surface area (Å²) in [6.07, 6.45) is 0. The van der Waals surface area contributed by atoms with Crippen LogP contribution in [0.2, 0.25) is 0 Å². The van der Waals surface area contributed by atoms with Crippen molar-refractivity contribution in [1.82, 2.24) is 10.2 Å². The van der Waals surface area contributed by atoms with Gasteiger partial charge in [-0.2, -0.15) is 0 Å². The monoisotopic (exact) mass is 354 g/mol. The van der Waals surface area contributed by atoms with Gasteiger partial charge < -0.3 is 10.2 Å². The molecule has 1 heterocycles. The van der Waals surface area contributed by atoms with Crippen molar-refractivity contribution in [3.05, 3.63) is 71.3 Å². The highest BCUT2D eigenvalue weighted by molar-refractivity contribution is 7.99. The zero-order valence-corrected chi connectivity index (χ0v) is 15.3. The lowest BCUT2D eigenvalue weighted by molar-refractivity contribution is -0.125. The summed E-state index contributed by atoms with van der Waals surface area (Å²) in [4.78, 5) is 27.1. The van der Waals surface area contributed by atoms with Gasteiger partial charge in [-0.1, -0.05) is 48.0 Å². The molecule has 2 aromatic rings. The van der Waals surface area contributed by atoms with E-state index in [1.807, 2.05) is 68.4 Å². The normalized spacial score (nSPS) is 18.0. The number of benzene rings is 2. The molecule has 3 rings (SSSR count). The summed E-state index contributed by atoms with van der Waals surface area (Å²) >= 11 is 1.61. The third-order valence-electron chi connectivity index (χ3n) is 4.40. The summed E-state index contributed by atoms with van der Waals surface area (Å²) in [7, 11) is 0. The number of hydrogen-bond donors (Lipinski definition) is 1. The molecule has 1 aliphatic rings. The molecule has 0 aliphatic carbocycles. The number of aryl methyl sites for hydroxylation is 1. The molecule has 0 saturated carbocycles. The second-order valence-electron chi connectivity index (χ2n) is 6.30. The average Bonchev–Trinajstić information content (AvgIpc) is 3.12. The maximum atomic E-state index is 12.8. The molecule has 1 aliphatic heterocycles. The number of thioether (sulfide) groups is 1. The summed E-state index contributed by atoms with van der Waals surface area (Å²) in [5.74, 6) is 0.995. The van der Waals surface area contributed by atoms with Crippen LogP contribution >= 0.6 is 11.8 Å². The first-order valence-electron chi connectivity index (χ1n) is 8.37. The van der Waals surface area contributed by atoms with E-state index in [0.29, 0.717) is 17.2 Å². The maximum Gasteiger partial charge on any atom is 0.255 e. The standard InChI is InChI=1S/C20H22N2O2S/c1-14-8-10-17(11-9-14)20(24)22-13-25-12-18(22)19(23)21-15(2)16-6-4-3-5-7-16/h3-11,15,18H,12-13H2,1-2H3,(H,21,23)/t15-,18+/m1/s1. The Hall–Kier alpha value is -2.27. The van der Waals surface area contributed by atoms with E-state index in [1.54, 1.807) is 16.7 Å². The molecular formula is C20H22N2O2S. The minimum absolute atomic E-state index is 0.0856. The van der Waals surface area contributed by atoms with Crippen molar-refractivity contribution in [2.45, 2.75) is 25.9 Å². The summed E-state index contributed by atoms with van der Waals surface area (Å²) in [6.45, 7) is 3.95. The Morgan fingerprint density at radius 3 is 2.48 bits per heavy atom. The van der Waals surface area contributed by atoms with Crippen molar-refractivity contribution in [2.75, 3.05) is 11.6 Å². The number of hydrogen-bond acceptors (Lipinski definition) is 3. The van der Waals surface area contributed by atoms with Crippen molar-refractivity contribution >= 4 is 23.6 Å². The molecule has 2 aromatic carbocycles. The zero-order valence-electron chi connectivity index (χ0n) is 14.4. The Morgan fingerprint density at radius 2 is 1.80 bits per heavy atom. The number of nitrogens with zero attached hydrogens (tertiary/aromatic N) is 1. The Morgan fingerprint density at radius 1 is 1.12 bits per heavy atom. The van der Waals surface area contributed by atoms with E-state index in [2.05, 4.69) is 5.32 Å². The lowest BCUT2D eigenvalue weighted by Crippen LogP contribution is -2.47.